The van der Waals surface area contributed by atoms with Crippen LogP contribution >= 0.6 is 11.8 Å². The van der Waals surface area contributed by atoms with Crippen molar-refractivity contribution in [1.82, 2.24) is 5.32 Å². The van der Waals surface area contributed by atoms with Gasteiger partial charge in [-0.05, 0) is 35.2 Å². The number of hydrogen-bond donors (Lipinski definition) is 1. The Bertz CT molecular complexity index is 388. The van der Waals surface area contributed by atoms with Gasteiger partial charge in [0.25, 0.3) is 0 Å². The van der Waals surface area contributed by atoms with Gasteiger partial charge in [0.1, 0.15) is 12.1 Å². The molecule has 0 radical (unpaired) electrons. The van der Waals surface area contributed by atoms with E-state index in [1.807, 2.05) is 5.41 Å². The second-order valence-corrected chi connectivity index (χ2v) is 4.16. The summed E-state index contributed by atoms with van der Waals surface area (Å²) in [6.45, 7) is 0. The number of rotatable bonds is 2. The van der Waals surface area contributed by atoms with Crippen LogP contribution in [0.5, 0.6) is 0 Å². The van der Waals surface area contributed by atoms with Crippen molar-refractivity contribution in [2.24, 2.45) is 0 Å². The molecule has 0 saturated carbocycles. The van der Waals surface area contributed by atoms with Gasteiger partial charge in [-0.1, -0.05) is 0 Å². The first-order chi connectivity index (χ1) is 7.29. The molecule has 0 saturated heterocycles. The van der Waals surface area contributed by atoms with Crippen LogP contribution in [-0.4, -0.2) is 18.1 Å². The summed E-state index contributed by atoms with van der Waals surface area (Å²) in [7, 11) is 0. The fourth-order valence-electron chi connectivity index (χ4n) is 1.36. The largest absolute Gasteiger partial charge is 0.374 e. The lowest BCUT2D eigenvalue weighted by molar-refractivity contribution is -0.108. The maximum Gasteiger partial charge on any atom is 0.143 e. The summed E-state index contributed by atoms with van der Waals surface area (Å²) in [6, 6.07) is 6.06. The standard InChI is InChI=1S/C11H10FNOS/c12-9-3-1-8(2-4-9)11-7-15-6-10(5-14)13-11/h1-5,7,10,13H,6H2. The maximum atomic E-state index is 12.7. The third kappa shape index (κ3) is 2.39. The highest BCUT2D eigenvalue weighted by Crippen LogP contribution is 2.21. The Hall–Kier alpha value is -1.29. The molecule has 1 aromatic carbocycles. The number of carbonyl (C=O) groups excluding carboxylic acids is 1. The third-order valence-corrected chi connectivity index (χ3v) is 3.09. The molecule has 2 rings (SSSR count). The van der Waals surface area contributed by atoms with Crippen LogP contribution in [0, 0.1) is 5.82 Å². The van der Waals surface area contributed by atoms with Gasteiger partial charge in [0, 0.05) is 11.4 Å². The Morgan fingerprint density at radius 1 is 1.40 bits per heavy atom. The first-order valence-corrected chi connectivity index (χ1v) is 5.64. The highest BCUT2D eigenvalue weighted by molar-refractivity contribution is 8.02. The van der Waals surface area contributed by atoms with E-state index in [0.717, 1.165) is 23.3 Å². The van der Waals surface area contributed by atoms with Crippen molar-refractivity contribution in [2.45, 2.75) is 6.04 Å². The van der Waals surface area contributed by atoms with Crippen molar-refractivity contribution in [1.29, 1.82) is 0 Å². The van der Waals surface area contributed by atoms with Crippen molar-refractivity contribution in [3.8, 4) is 0 Å². The van der Waals surface area contributed by atoms with E-state index in [0.29, 0.717) is 0 Å². The van der Waals surface area contributed by atoms with Crippen LogP contribution in [0.2, 0.25) is 0 Å². The number of carbonyl (C=O) groups is 1. The van der Waals surface area contributed by atoms with Crippen LogP contribution in [0.3, 0.4) is 0 Å². The predicted molar refractivity (Wildman–Crippen MR) is 59.8 cm³/mol. The summed E-state index contributed by atoms with van der Waals surface area (Å²) in [6.07, 6.45) is 0.892. The minimum absolute atomic E-state index is 0.153. The van der Waals surface area contributed by atoms with E-state index in [1.165, 1.54) is 12.1 Å². The van der Waals surface area contributed by atoms with Crippen LogP contribution < -0.4 is 5.32 Å². The maximum absolute atomic E-state index is 12.7. The number of benzene rings is 1. The van der Waals surface area contributed by atoms with Crippen LogP contribution in [-0.2, 0) is 4.79 Å². The number of halogens is 1. The van der Waals surface area contributed by atoms with E-state index in [9.17, 15) is 9.18 Å². The Morgan fingerprint density at radius 3 is 2.80 bits per heavy atom. The fraction of sp³-hybridized carbons (Fsp3) is 0.182. The lowest BCUT2D eigenvalue weighted by Crippen LogP contribution is -2.33. The van der Waals surface area contributed by atoms with E-state index < -0.39 is 0 Å². The van der Waals surface area contributed by atoms with E-state index in [-0.39, 0.29) is 11.9 Å². The summed E-state index contributed by atoms with van der Waals surface area (Å²) in [5.74, 6) is 0.489. The van der Waals surface area contributed by atoms with Crippen LogP contribution in [0.4, 0.5) is 4.39 Å². The Kier molecular flexibility index (Phi) is 3.06. The van der Waals surface area contributed by atoms with Gasteiger partial charge in [0.15, 0.2) is 0 Å². The molecule has 1 N–H and O–H groups in total. The van der Waals surface area contributed by atoms with Gasteiger partial charge in [0.2, 0.25) is 0 Å². The van der Waals surface area contributed by atoms with Crippen molar-refractivity contribution in [2.75, 3.05) is 5.75 Å². The molecule has 0 spiro atoms. The van der Waals surface area contributed by atoms with Crippen molar-refractivity contribution < 1.29 is 9.18 Å². The smallest absolute Gasteiger partial charge is 0.143 e. The molecular weight excluding hydrogens is 213 g/mol. The van der Waals surface area contributed by atoms with Gasteiger partial charge in [-0.3, -0.25) is 0 Å². The molecule has 1 aliphatic rings. The second kappa shape index (κ2) is 4.49. The molecule has 2 nitrogen and oxygen atoms in total. The van der Waals surface area contributed by atoms with Crippen LogP contribution in [0.1, 0.15) is 5.56 Å². The number of thioether (sulfide) groups is 1. The van der Waals surface area contributed by atoms with Gasteiger partial charge in [0.05, 0.1) is 6.04 Å². The minimum atomic E-state index is -0.255. The Labute approximate surface area is 91.6 Å². The number of aldehydes is 1. The van der Waals surface area contributed by atoms with E-state index >= 15 is 0 Å². The summed E-state index contributed by atoms with van der Waals surface area (Å²) >= 11 is 1.59. The fourth-order valence-corrected chi connectivity index (χ4v) is 2.20. The van der Waals surface area contributed by atoms with Crippen molar-refractivity contribution >= 4 is 23.7 Å². The van der Waals surface area contributed by atoms with Gasteiger partial charge in [-0.15, -0.1) is 11.8 Å². The van der Waals surface area contributed by atoms with Crippen molar-refractivity contribution in [3.63, 3.8) is 0 Å². The Morgan fingerprint density at radius 2 is 2.13 bits per heavy atom. The summed E-state index contributed by atoms with van der Waals surface area (Å²) < 4.78 is 12.7. The molecule has 0 aromatic heterocycles. The third-order valence-electron chi connectivity index (χ3n) is 2.14. The predicted octanol–water partition coefficient (Wildman–Crippen LogP) is 2.03. The number of nitrogens with one attached hydrogen (secondary N) is 1. The van der Waals surface area contributed by atoms with E-state index in [4.69, 9.17) is 0 Å². The SMILES string of the molecule is O=CC1CSC=C(c2ccc(F)cc2)N1. The molecule has 4 heteroatoms. The summed E-state index contributed by atoms with van der Waals surface area (Å²) in [5, 5.41) is 5.04. The number of hydrogen-bond acceptors (Lipinski definition) is 3. The average molecular weight is 223 g/mol. The molecule has 1 unspecified atom stereocenters. The summed E-state index contributed by atoms with van der Waals surface area (Å²) in [5.41, 5.74) is 1.78. The normalized spacial score (nSPS) is 20.3. The lowest BCUT2D eigenvalue weighted by atomic mass is 10.1. The highest BCUT2D eigenvalue weighted by atomic mass is 32.2. The van der Waals surface area contributed by atoms with Crippen LogP contribution in [0.25, 0.3) is 5.70 Å². The quantitative estimate of drug-likeness (QED) is 0.778. The molecule has 78 valence electrons. The highest BCUT2D eigenvalue weighted by Gasteiger charge is 2.14. The van der Waals surface area contributed by atoms with Crippen LogP contribution in [0.15, 0.2) is 29.7 Å². The topological polar surface area (TPSA) is 29.1 Å². The first-order valence-electron chi connectivity index (χ1n) is 4.59. The molecule has 1 aromatic rings. The average Bonchev–Trinajstić information content (AvgIpc) is 2.30. The van der Waals surface area contributed by atoms with Gasteiger partial charge < -0.3 is 10.1 Å². The monoisotopic (exact) mass is 223 g/mol. The molecule has 0 aliphatic carbocycles. The van der Waals surface area contributed by atoms with Gasteiger partial charge >= 0.3 is 0 Å². The summed E-state index contributed by atoms with van der Waals surface area (Å²) in [4.78, 5) is 10.6. The molecular formula is C11H10FNOS. The molecule has 0 fully saturated rings. The Balaban J connectivity index is 2.20. The molecule has 1 heterocycles. The minimum Gasteiger partial charge on any atom is -0.374 e. The zero-order chi connectivity index (χ0) is 10.7. The van der Waals surface area contributed by atoms with Gasteiger partial charge in [-0.25, -0.2) is 4.39 Å². The van der Waals surface area contributed by atoms with Crippen molar-refractivity contribution in [3.05, 3.63) is 41.1 Å². The first kappa shape index (κ1) is 10.2. The zero-order valence-corrected chi connectivity index (χ0v) is 8.76. The molecule has 0 amide bonds. The molecule has 0 bridgehead atoms. The second-order valence-electron chi connectivity index (χ2n) is 3.26. The van der Waals surface area contributed by atoms with E-state index in [1.54, 1.807) is 23.9 Å². The zero-order valence-electron chi connectivity index (χ0n) is 7.94. The van der Waals surface area contributed by atoms with E-state index in [2.05, 4.69) is 5.32 Å². The van der Waals surface area contributed by atoms with Gasteiger partial charge in [-0.2, -0.15) is 0 Å². The molecule has 1 aliphatic heterocycles. The molecule has 1 atom stereocenters. The lowest BCUT2D eigenvalue weighted by Gasteiger charge is -2.20. The molecule has 15 heavy (non-hydrogen) atoms.